The molecule has 1 aromatic rings. The van der Waals surface area contributed by atoms with E-state index in [9.17, 15) is 4.79 Å². The molecule has 0 saturated heterocycles. The van der Waals surface area contributed by atoms with Crippen LogP contribution in [-0.2, 0) is 20.8 Å². The van der Waals surface area contributed by atoms with E-state index in [1.165, 1.54) is 0 Å². The number of rotatable bonds is 4. The van der Waals surface area contributed by atoms with Crippen molar-refractivity contribution in [3.63, 3.8) is 0 Å². The Kier molecular flexibility index (Phi) is 6.82. The molecular formula is C19H27NO4. The molecule has 0 radical (unpaired) electrons. The van der Waals surface area contributed by atoms with Crippen molar-refractivity contribution < 1.29 is 19.0 Å². The number of hydrogen-bond donors (Lipinski definition) is 0. The van der Waals surface area contributed by atoms with Crippen LogP contribution < -0.4 is 0 Å². The number of benzene rings is 1. The van der Waals surface area contributed by atoms with Crippen LogP contribution in [0.25, 0.3) is 0 Å². The molecule has 0 saturated carbocycles. The Morgan fingerprint density at radius 2 is 2.00 bits per heavy atom. The van der Waals surface area contributed by atoms with Gasteiger partial charge in [-0.2, -0.15) is 0 Å². The molecule has 1 aromatic carbocycles. The van der Waals surface area contributed by atoms with Gasteiger partial charge in [0.15, 0.2) is 0 Å². The van der Waals surface area contributed by atoms with Gasteiger partial charge in [0.05, 0.1) is 32.5 Å². The van der Waals surface area contributed by atoms with Crippen molar-refractivity contribution in [3.05, 3.63) is 48.0 Å². The summed E-state index contributed by atoms with van der Waals surface area (Å²) in [5.41, 5.74) is 0.607. The SMILES string of the molecule is CC(C)(C)OC(=O)N1C/C=C\CO[C@H](COCc2ccccc2)C1. The van der Waals surface area contributed by atoms with Crippen molar-refractivity contribution in [3.8, 4) is 0 Å². The van der Waals surface area contributed by atoms with E-state index in [4.69, 9.17) is 14.2 Å². The van der Waals surface area contributed by atoms with E-state index in [2.05, 4.69) is 0 Å². The topological polar surface area (TPSA) is 48.0 Å². The summed E-state index contributed by atoms with van der Waals surface area (Å²) in [4.78, 5) is 13.9. The van der Waals surface area contributed by atoms with Gasteiger partial charge in [0, 0.05) is 6.54 Å². The average molecular weight is 333 g/mol. The number of nitrogens with zero attached hydrogens (tertiary/aromatic N) is 1. The van der Waals surface area contributed by atoms with Crippen molar-refractivity contribution in [1.82, 2.24) is 4.90 Å². The molecule has 0 aromatic heterocycles. The van der Waals surface area contributed by atoms with E-state index in [1.807, 2.05) is 63.3 Å². The van der Waals surface area contributed by atoms with E-state index in [0.29, 0.717) is 32.9 Å². The van der Waals surface area contributed by atoms with Crippen molar-refractivity contribution in [1.29, 1.82) is 0 Å². The van der Waals surface area contributed by atoms with Crippen LogP contribution in [0.1, 0.15) is 26.3 Å². The first-order valence-corrected chi connectivity index (χ1v) is 8.30. The van der Waals surface area contributed by atoms with Gasteiger partial charge in [-0.3, -0.25) is 0 Å². The van der Waals surface area contributed by atoms with Crippen LogP contribution >= 0.6 is 0 Å². The summed E-state index contributed by atoms with van der Waals surface area (Å²) in [6.45, 7) is 8.05. The van der Waals surface area contributed by atoms with Crippen LogP contribution in [0.5, 0.6) is 0 Å². The first-order chi connectivity index (χ1) is 11.4. The van der Waals surface area contributed by atoms with Crippen LogP contribution in [-0.4, -0.2) is 49.0 Å². The number of hydrogen-bond acceptors (Lipinski definition) is 4. The van der Waals surface area contributed by atoms with Crippen molar-refractivity contribution in [2.75, 3.05) is 26.3 Å². The van der Waals surface area contributed by atoms with Gasteiger partial charge < -0.3 is 19.1 Å². The van der Waals surface area contributed by atoms with Crippen LogP contribution in [0.4, 0.5) is 4.79 Å². The van der Waals surface area contributed by atoms with Crippen molar-refractivity contribution in [2.24, 2.45) is 0 Å². The molecule has 1 atom stereocenters. The molecule has 1 aliphatic heterocycles. The van der Waals surface area contributed by atoms with Gasteiger partial charge in [0.2, 0.25) is 0 Å². The Morgan fingerprint density at radius 1 is 1.25 bits per heavy atom. The average Bonchev–Trinajstić information content (AvgIpc) is 2.48. The van der Waals surface area contributed by atoms with Crippen LogP contribution in [0.15, 0.2) is 42.5 Å². The first-order valence-electron chi connectivity index (χ1n) is 8.30. The predicted molar refractivity (Wildman–Crippen MR) is 92.8 cm³/mol. The van der Waals surface area contributed by atoms with Gasteiger partial charge in [-0.05, 0) is 26.3 Å². The molecular weight excluding hydrogens is 306 g/mol. The van der Waals surface area contributed by atoms with Gasteiger partial charge >= 0.3 is 6.09 Å². The molecule has 132 valence electrons. The Bertz CT molecular complexity index is 536. The lowest BCUT2D eigenvalue weighted by molar-refractivity contribution is -0.0348. The van der Waals surface area contributed by atoms with E-state index in [0.717, 1.165) is 5.56 Å². The molecule has 0 spiro atoms. The highest BCUT2D eigenvalue weighted by Crippen LogP contribution is 2.12. The third kappa shape index (κ3) is 6.72. The maximum absolute atomic E-state index is 12.3. The Hall–Kier alpha value is -1.85. The molecule has 0 fully saturated rings. The number of amides is 1. The lowest BCUT2D eigenvalue weighted by Gasteiger charge is -2.30. The molecule has 0 N–H and O–H groups in total. The number of carbonyl (C=O) groups excluding carboxylic acids is 1. The second kappa shape index (κ2) is 8.85. The standard InChI is InChI=1S/C19H27NO4/c1-19(2,3)24-18(21)20-11-7-8-12-23-17(13-20)15-22-14-16-9-5-4-6-10-16/h4-10,17H,11-15H2,1-3H3/b8-7-/t17-/m0/s1. The highest BCUT2D eigenvalue weighted by Gasteiger charge is 2.25. The van der Waals surface area contributed by atoms with E-state index in [1.54, 1.807) is 4.90 Å². The molecule has 2 rings (SSSR count). The summed E-state index contributed by atoms with van der Waals surface area (Å²) in [6, 6.07) is 10.00. The highest BCUT2D eigenvalue weighted by atomic mass is 16.6. The van der Waals surface area contributed by atoms with E-state index < -0.39 is 5.60 Å². The number of carbonyl (C=O) groups is 1. The summed E-state index contributed by atoms with van der Waals surface area (Å²) in [5.74, 6) is 0. The normalized spacial score (nSPS) is 20.1. The number of ether oxygens (including phenoxy) is 3. The van der Waals surface area contributed by atoms with Crippen molar-refractivity contribution in [2.45, 2.75) is 39.1 Å². The molecule has 5 heteroatoms. The zero-order valence-corrected chi connectivity index (χ0v) is 14.7. The molecule has 24 heavy (non-hydrogen) atoms. The quantitative estimate of drug-likeness (QED) is 0.793. The fourth-order valence-corrected chi connectivity index (χ4v) is 2.29. The van der Waals surface area contributed by atoms with Gasteiger partial charge in [0.1, 0.15) is 5.60 Å². The summed E-state index contributed by atoms with van der Waals surface area (Å²) < 4.78 is 17.0. The Labute approximate surface area is 144 Å². The fourth-order valence-electron chi connectivity index (χ4n) is 2.29. The molecule has 1 heterocycles. The van der Waals surface area contributed by atoms with Gasteiger partial charge in [-0.25, -0.2) is 4.79 Å². The maximum atomic E-state index is 12.3. The highest BCUT2D eigenvalue weighted by molar-refractivity contribution is 5.68. The van der Waals surface area contributed by atoms with Gasteiger partial charge in [-0.15, -0.1) is 0 Å². The lowest BCUT2D eigenvalue weighted by atomic mass is 10.2. The minimum Gasteiger partial charge on any atom is -0.444 e. The third-order valence-corrected chi connectivity index (χ3v) is 3.41. The largest absolute Gasteiger partial charge is 0.444 e. The minimum absolute atomic E-state index is 0.175. The van der Waals surface area contributed by atoms with Crippen LogP contribution in [0, 0.1) is 0 Å². The second-order valence-corrected chi connectivity index (χ2v) is 6.81. The minimum atomic E-state index is -0.511. The van der Waals surface area contributed by atoms with Gasteiger partial charge in [-0.1, -0.05) is 42.5 Å². The maximum Gasteiger partial charge on any atom is 0.410 e. The molecule has 0 unspecified atom stereocenters. The van der Waals surface area contributed by atoms with Gasteiger partial charge in [0.25, 0.3) is 0 Å². The second-order valence-electron chi connectivity index (χ2n) is 6.81. The van der Waals surface area contributed by atoms with E-state index >= 15 is 0 Å². The zero-order valence-electron chi connectivity index (χ0n) is 14.7. The third-order valence-electron chi connectivity index (χ3n) is 3.41. The summed E-state index contributed by atoms with van der Waals surface area (Å²) in [6.07, 6.45) is 3.34. The summed E-state index contributed by atoms with van der Waals surface area (Å²) in [7, 11) is 0. The van der Waals surface area contributed by atoms with E-state index in [-0.39, 0.29) is 12.2 Å². The van der Waals surface area contributed by atoms with Crippen LogP contribution in [0.2, 0.25) is 0 Å². The zero-order chi connectivity index (χ0) is 17.4. The Balaban J connectivity index is 1.86. The molecule has 1 amide bonds. The predicted octanol–water partition coefficient (Wildman–Crippen LogP) is 3.40. The summed E-state index contributed by atoms with van der Waals surface area (Å²) in [5, 5.41) is 0. The molecule has 0 bridgehead atoms. The molecule has 1 aliphatic rings. The molecule has 0 aliphatic carbocycles. The Morgan fingerprint density at radius 3 is 2.71 bits per heavy atom. The monoisotopic (exact) mass is 333 g/mol. The van der Waals surface area contributed by atoms with Crippen molar-refractivity contribution >= 4 is 6.09 Å². The smallest absolute Gasteiger partial charge is 0.410 e. The molecule has 5 nitrogen and oxygen atoms in total. The van der Waals surface area contributed by atoms with Crippen LogP contribution in [0.3, 0.4) is 0 Å². The summed E-state index contributed by atoms with van der Waals surface area (Å²) >= 11 is 0. The first kappa shape index (κ1) is 18.5. The lowest BCUT2D eigenvalue weighted by Crippen LogP contribution is -2.44. The fraction of sp³-hybridized carbons (Fsp3) is 0.526.